The lowest BCUT2D eigenvalue weighted by atomic mass is 10.1. The molecule has 1 aliphatic heterocycles. The molecule has 124 valence electrons. The highest BCUT2D eigenvalue weighted by Gasteiger charge is 2.23. The van der Waals surface area contributed by atoms with Crippen LogP contribution in [0, 0.1) is 5.92 Å². The molecular weight excluding hydrogens is 302 g/mol. The first-order chi connectivity index (χ1) is 11.6. The number of rotatable bonds is 5. The fourth-order valence-electron chi connectivity index (χ4n) is 3.03. The molecule has 3 rings (SSSR count). The van der Waals surface area contributed by atoms with Crippen LogP contribution >= 0.6 is 0 Å². The normalized spacial score (nSPS) is 16.8. The van der Waals surface area contributed by atoms with E-state index in [9.17, 15) is 9.59 Å². The van der Waals surface area contributed by atoms with Gasteiger partial charge in [-0.15, -0.1) is 0 Å². The molecule has 0 saturated carbocycles. The molecule has 24 heavy (non-hydrogen) atoms. The lowest BCUT2D eigenvalue weighted by molar-refractivity contribution is 0.0948. The van der Waals surface area contributed by atoms with Crippen molar-refractivity contribution in [2.75, 3.05) is 24.5 Å². The van der Waals surface area contributed by atoms with Gasteiger partial charge in [0.25, 0.3) is 5.91 Å². The highest BCUT2D eigenvalue weighted by molar-refractivity contribution is 5.99. The summed E-state index contributed by atoms with van der Waals surface area (Å²) in [7, 11) is 0. The Balaban J connectivity index is 1.54. The molecule has 2 amide bonds. The van der Waals surface area contributed by atoms with Gasteiger partial charge in [-0.1, -0.05) is 24.3 Å². The Labute approximate surface area is 141 Å². The van der Waals surface area contributed by atoms with Crippen LogP contribution in [0.5, 0.6) is 0 Å². The van der Waals surface area contributed by atoms with Gasteiger partial charge in [0.1, 0.15) is 0 Å². The molecular formula is C19H21N3O2. The average molecular weight is 323 g/mol. The van der Waals surface area contributed by atoms with Gasteiger partial charge in [0.15, 0.2) is 0 Å². The van der Waals surface area contributed by atoms with Gasteiger partial charge >= 0.3 is 0 Å². The summed E-state index contributed by atoms with van der Waals surface area (Å²) in [4.78, 5) is 25.8. The first-order valence-electron chi connectivity index (χ1n) is 8.11. The van der Waals surface area contributed by atoms with Gasteiger partial charge in [-0.2, -0.15) is 0 Å². The molecule has 1 unspecified atom stereocenters. The van der Waals surface area contributed by atoms with Crippen molar-refractivity contribution < 1.29 is 9.59 Å². The molecule has 0 aliphatic carbocycles. The molecule has 1 heterocycles. The molecule has 0 radical (unpaired) electrons. The van der Waals surface area contributed by atoms with Gasteiger partial charge < -0.3 is 16.0 Å². The summed E-state index contributed by atoms with van der Waals surface area (Å²) < 4.78 is 0. The maximum atomic E-state index is 12.3. The van der Waals surface area contributed by atoms with Crippen molar-refractivity contribution in [2.45, 2.75) is 6.42 Å². The third kappa shape index (κ3) is 3.74. The predicted molar refractivity (Wildman–Crippen MR) is 94.1 cm³/mol. The molecule has 1 saturated heterocycles. The number of nitrogens with one attached hydrogen (secondary N) is 1. The number of hydrogen-bond acceptors (Lipinski definition) is 3. The standard InChI is InChI=1S/C19H21N3O2/c20-18(23)15-5-4-6-16(11-15)19(24)21-12-14-9-10-22(13-14)17-7-2-1-3-8-17/h1-8,11,14H,9-10,12-13H2,(H2,20,23)(H,21,24). The zero-order valence-corrected chi connectivity index (χ0v) is 13.4. The summed E-state index contributed by atoms with van der Waals surface area (Å²) in [5, 5.41) is 2.96. The number of primary amides is 1. The lowest BCUT2D eigenvalue weighted by Crippen LogP contribution is -2.31. The molecule has 1 fully saturated rings. The number of carbonyl (C=O) groups excluding carboxylic acids is 2. The number of carbonyl (C=O) groups is 2. The van der Waals surface area contributed by atoms with Crippen LogP contribution in [0.25, 0.3) is 0 Å². The van der Waals surface area contributed by atoms with E-state index in [0.29, 0.717) is 23.6 Å². The van der Waals surface area contributed by atoms with Crippen molar-refractivity contribution in [3.8, 4) is 0 Å². The monoisotopic (exact) mass is 323 g/mol. The van der Waals surface area contributed by atoms with Gasteiger partial charge in [0.05, 0.1) is 0 Å². The van der Waals surface area contributed by atoms with E-state index in [4.69, 9.17) is 5.73 Å². The van der Waals surface area contributed by atoms with Crippen molar-refractivity contribution in [3.63, 3.8) is 0 Å². The van der Waals surface area contributed by atoms with E-state index >= 15 is 0 Å². The molecule has 1 atom stereocenters. The Kier molecular flexibility index (Phi) is 4.79. The Morgan fingerprint density at radius 1 is 1.08 bits per heavy atom. The molecule has 5 heteroatoms. The largest absolute Gasteiger partial charge is 0.371 e. The van der Waals surface area contributed by atoms with Crippen molar-refractivity contribution in [2.24, 2.45) is 11.7 Å². The molecule has 5 nitrogen and oxygen atoms in total. The quantitative estimate of drug-likeness (QED) is 0.884. The van der Waals surface area contributed by atoms with Crippen LogP contribution in [-0.2, 0) is 0 Å². The van der Waals surface area contributed by atoms with Crippen LogP contribution < -0.4 is 16.0 Å². The molecule has 3 N–H and O–H groups in total. The summed E-state index contributed by atoms with van der Waals surface area (Å²) in [6.45, 7) is 2.57. The minimum Gasteiger partial charge on any atom is -0.371 e. The van der Waals surface area contributed by atoms with Crippen LogP contribution in [0.4, 0.5) is 5.69 Å². The first kappa shape index (κ1) is 16.1. The maximum absolute atomic E-state index is 12.3. The number of nitrogens with two attached hydrogens (primary N) is 1. The zero-order chi connectivity index (χ0) is 16.9. The van der Waals surface area contributed by atoms with Crippen LogP contribution in [0.1, 0.15) is 27.1 Å². The van der Waals surface area contributed by atoms with E-state index in [0.717, 1.165) is 19.5 Å². The van der Waals surface area contributed by atoms with Gasteiger partial charge in [0, 0.05) is 36.4 Å². The molecule has 1 aliphatic rings. The SMILES string of the molecule is NC(=O)c1cccc(C(=O)NCC2CCN(c3ccccc3)C2)c1. The molecule has 0 spiro atoms. The van der Waals surface area contributed by atoms with Crippen LogP contribution in [-0.4, -0.2) is 31.4 Å². The third-order valence-electron chi connectivity index (χ3n) is 4.37. The lowest BCUT2D eigenvalue weighted by Gasteiger charge is -2.18. The second-order valence-electron chi connectivity index (χ2n) is 6.09. The number of para-hydroxylation sites is 1. The Bertz CT molecular complexity index is 730. The second-order valence-corrected chi connectivity index (χ2v) is 6.09. The molecule has 2 aromatic carbocycles. The Morgan fingerprint density at radius 2 is 1.83 bits per heavy atom. The smallest absolute Gasteiger partial charge is 0.251 e. The van der Waals surface area contributed by atoms with Crippen LogP contribution in [0.2, 0.25) is 0 Å². The fraction of sp³-hybridized carbons (Fsp3) is 0.263. The minimum absolute atomic E-state index is 0.170. The molecule has 0 aromatic heterocycles. The fourth-order valence-corrected chi connectivity index (χ4v) is 3.03. The highest BCUT2D eigenvalue weighted by Crippen LogP contribution is 2.23. The van der Waals surface area contributed by atoms with Gasteiger partial charge in [-0.05, 0) is 42.7 Å². The van der Waals surface area contributed by atoms with Crippen molar-refractivity contribution in [1.29, 1.82) is 0 Å². The van der Waals surface area contributed by atoms with E-state index < -0.39 is 5.91 Å². The zero-order valence-electron chi connectivity index (χ0n) is 13.4. The van der Waals surface area contributed by atoms with Gasteiger partial charge in [-0.3, -0.25) is 9.59 Å². The van der Waals surface area contributed by atoms with E-state index in [1.54, 1.807) is 18.2 Å². The predicted octanol–water partition coefficient (Wildman–Crippen LogP) is 2.04. The summed E-state index contributed by atoms with van der Waals surface area (Å²) in [6, 6.07) is 16.8. The van der Waals surface area contributed by atoms with Gasteiger partial charge in [-0.25, -0.2) is 0 Å². The summed E-state index contributed by atoms with van der Waals surface area (Å²) in [6.07, 6.45) is 1.05. The average Bonchev–Trinajstić information content (AvgIpc) is 3.09. The van der Waals surface area contributed by atoms with Crippen molar-refractivity contribution >= 4 is 17.5 Å². The summed E-state index contributed by atoms with van der Waals surface area (Å²) >= 11 is 0. The number of nitrogens with zero attached hydrogens (tertiary/aromatic N) is 1. The summed E-state index contributed by atoms with van der Waals surface area (Å²) in [5.41, 5.74) is 7.28. The number of anilines is 1. The van der Waals surface area contributed by atoms with Crippen LogP contribution in [0.15, 0.2) is 54.6 Å². The summed E-state index contributed by atoms with van der Waals surface area (Å²) in [5.74, 6) is -0.274. The molecule has 2 aromatic rings. The molecule has 0 bridgehead atoms. The highest BCUT2D eigenvalue weighted by atomic mass is 16.2. The van der Waals surface area contributed by atoms with E-state index in [2.05, 4.69) is 22.3 Å². The Morgan fingerprint density at radius 3 is 2.58 bits per heavy atom. The van der Waals surface area contributed by atoms with E-state index in [-0.39, 0.29) is 5.91 Å². The van der Waals surface area contributed by atoms with E-state index in [1.165, 1.54) is 11.8 Å². The third-order valence-corrected chi connectivity index (χ3v) is 4.37. The second kappa shape index (κ2) is 7.17. The van der Waals surface area contributed by atoms with Crippen molar-refractivity contribution in [3.05, 3.63) is 65.7 Å². The maximum Gasteiger partial charge on any atom is 0.251 e. The topological polar surface area (TPSA) is 75.4 Å². The first-order valence-corrected chi connectivity index (χ1v) is 8.11. The number of benzene rings is 2. The Hall–Kier alpha value is -2.82. The minimum atomic E-state index is -0.529. The van der Waals surface area contributed by atoms with Crippen LogP contribution in [0.3, 0.4) is 0 Å². The van der Waals surface area contributed by atoms with Crippen molar-refractivity contribution in [1.82, 2.24) is 5.32 Å². The van der Waals surface area contributed by atoms with Gasteiger partial charge in [0.2, 0.25) is 5.91 Å². The van der Waals surface area contributed by atoms with E-state index in [1.807, 2.05) is 18.2 Å². The number of amides is 2. The number of hydrogen-bond donors (Lipinski definition) is 2.